The molecule has 2 amide bonds. The van der Waals surface area contributed by atoms with Crippen LogP contribution >= 0.6 is 0 Å². The molecule has 0 aliphatic carbocycles. The van der Waals surface area contributed by atoms with Gasteiger partial charge in [-0.15, -0.1) is 0 Å². The van der Waals surface area contributed by atoms with Gasteiger partial charge in [0.05, 0.1) is 19.2 Å². The number of hydrogen-bond acceptors (Lipinski definition) is 4. The Bertz CT molecular complexity index is 1130. The highest BCUT2D eigenvalue weighted by atomic mass is 16.5. The van der Waals surface area contributed by atoms with Crippen molar-refractivity contribution in [3.8, 4) is 17.0 Å². The number of nitrogens with one attached hydrogen (secondary N) is 2. The molecule has 1 aliphatic rings. The molecular weight excluding hydrogens is 380 g/mol. The number of benzene rings is 2. The molecule has 1 aliphatic heterocycles. The average Bonchev–Trinajstić information content (AvgIpc) is 3.06. The van der Waals surface area contributed by atoms with E-state index in [-0.39, 0.29) is 18.2 Å². The first-order valence-corrected chi connectivity index (χ1v) is 9.79. The Kier molecular flexibility index (Phi) is 5.03. The van der Waals surface area contributed by atoms with Crippen molar-refractivity contribution in [1.29, 1.82) is 0 Å². The van der Waals surface area contributed by atoms with E-state index in [1.807, 2.05) is 63.2 Å². The zero-order valence-corrected chi connectivity index (χ0v) is 17.4. The molecule has 2 N–H and O–H groups in total. The molecule has 1 aromatic heterocycles. The Balaban J connectivity index is 1.68. The van der Waals surface area contributed by atoms with Gasteiger partial charge < -0.3 is 15.4 Å². The van der Waals surface area contributed by atoms with Gasteiger partial charge in [-0.05, 0) is 56.7 Å². The first-order chi connectivity index (χ1) is 14.4. The summed E-state index contributed by atoms with van der Waals surface area (Å²) in [7, 11) is 1.62. The second-order valence-electron chi connectivity index (χ2n) is 7.57. The molecule has 0 spiro atoms. The van der Waals surface area contributed by atoms with Crippen LogP contribution in [0.5, 0.6) is 5.75 Å². The van der Waals surface area contributed by atoms with Crippen LogP contribution in [0.25, 0.3) is 11.3 Å². The van der Waals surface area contributed by atoms with Crippen LogP contribution in [0.1, 0.15) is 29.2 Å². The third-order valence-electron chi connectivity index (χ3n) is 5.38. The lowest BCUT2D eigenvalue weighted by Gasteiger charge is -2.24. The van der Waals surface area contributed by atoms with Crippen LogP contribution in [0.15, 0.2) is 42.5 Å². The highest BCUT2D eigenvalue weighted by Gasteiger charge is 2.34. The van der Waals surface area contributed by atoms with Crippen LogP contribution in [0.4, 0.5) is 11.5 Å². The van der Waals surface area contributed by atoms with Crippen LogP contribution in [-0.4, -0.2) is 28.7 Å². The van der Waals surface area contributed by atoms with Crippen LogP contribution in [0, 0.1) is 20.8 Å². The van der Waals surface area contributed by atoms with E-state index >= 15 is 0 Å². The minimum atomic E-state index is -0.722. The van der Waals surface area contributed by atoms with Gasteiger partial charge in [0.25, 0.3) is 0 Å². The molecule has 0 bridgehead atoms. The Morgan fingerprint density at radius 3 is 2.57 bits per heavy atom. The monoisotopic (exact) mass is 404 g/mol. The Morgan fingerprint density at radius 2 is 1.90 bits per heavy atom. The second-order valence-corrected chi connectivity index (χ2v) is 7.57. The first kappa shape index (κ1) is 19.7. The fourth-order valence-electron chi connectivity index (χ4n) is 3.74. The fraction of sp³-hybridized carbons (Fsp3) is 0.261. The van der Waals surface area contributed by atoms with Crippen LogP contribution in [-0.2, 0) is 9.59 Å². The Hall–Kier alpha value is -3.61. The van der Waals surface area contributed by atoms with Gasteiger partial charge in [0, 0.05) is 16.8 Å². The smallest absolute Gasteiger partial charge is 0.249 e. The molecule has 2 aromatic carbocycles. The lowest BCUT2D eigenvalue weighted by atomic mass is 10.1. The van der Waals surface area contributed by atoms with E-state index in [4.69, 9.17) is 9.84 Å². The number of nitrogens with zero attached hydrogens (tertiary/aromatic N) is 2. The molecule has 7 heteroatoms. The number of amides is 2. The van der Waals surface area contributed by atoms with Crippen molar-refractivity contribution in [2.24, 2.45) is 0 Å². The predicted octanol–water partition coefficient (Wildman–Crippen LogP) is 4.01. The minimum absolute atomic E-state index is 0.0346. The molecule has 1 atom stereocenters. The lowest BCUT2D eigenvalue weighted by molar-refractivity contribution is -0.125. The van der Waals surface area contributed by atoms with Crippen LogP contribution in [0.3, 0.4) is 0 Å². The van der Waals surface area contributed by atoms with E-state index < -0.39 is 6.04 Å². The molecule has 30 heavy (non-hydrogen) atoms. The molecule has 0 fully saturated rings. The zero-order chi connectivity index (χ0) is 21.4. The largest absolute Gasteiger partial charge is 0.497 e. The second kappa shape index (κ2) is 7.67. The summed E-state index contributed by atoms with van der Waals surface area (Å²) < 4.78 is 6.84. The summed E-state index contributed by atoms with van der Waals surface area (Å²) in [6.07, 6.45) is 0.0346. The molecule has 7 nitrogen and oxygen atoms in total. The van der Waals surface area contributed by atoms with Gasteiger partial charge in [0.2, 0.25) is 11.8 Å². The van der Waals surface area contributed by atoms with Gasteiger partial charge in [-0.3, -0.25) is 9.59 Å². The molecule has 3 aromatic rings. The van der Waals surface area contributed by atoms with Gasteiger partial charge in [-0.2, -0.15) is 5.10 Å². The summed E-state index contributed by atoms with van der Waals surface area (Å²) in [4.78, 5) is 25.4. The number of methoxy groups -OCH3 is 1. The van der Waals surface area contributed by atoms with Gasteiger partial charge in [-0.1, -0.05) is 17.7 Å². The van der Waals surface area contributed by atoms with Gasteiger partial charge >= 0.3 is 0 Å². The molecule has 154 valence electrons. The van der Waals surface area contributed by atoms with Crippen LogP contribution < -0.4 is 15.4 Å². The van der Waals surface area contributed by atoms with Crippen molar-refractivity contribution >= 4 is 23.3 Å². The number of ether oxygens (including phenoxy) is 1. The molecule has 0 saturated heterocycles. The number of aromatic nitrogens is 2. The molecule has 0 radical (unpaired) electrons. The fourth-order valence-corrected chi connectivity index (χ4v) is 3.74. The lowest BCUT2D eigenvalue weighted by Crippen LogP contribution is -2.36. The Morgan fingerprint density at radius 1 is 1.17 bits per heavy atom. The van der Waals surface area contributed by atoms with Gasteiger partial charge in [0.15, 0.2) is 0 Å². The van der Waals surface area contributed by atoms with E-state index in [1.165, 1.54) is 0 Å². The van der Waals surface area contributed by atoms with Gasteiger partial charge in [0.1, 0.15) is 17.6 Å². The number of carbonyl (C=O) groups excluding carboxylic acids is 2. The third kappa shape index (κ3) is 3.54. The third-order valence-corrected chi connectivity index (χ3v) is 5.38. The molecule has 4 rings (SSSR count). The quantitative estimate of drug-likeness (QED) is 0.688. The van der Waals surface area contributed by atoms with E-state index in [1.54, 1.807) is 11.8 Å². The SMILES string of the molecule is COc1ccc(-c2nn3c(c2C)NC(=O)CC3C(=O)Nc2ccc(C)cc2C)cc1. The highest BCUT2D eigenvalue weighted by Crippen LogP contribution is 2.35. The number of carbonyl (C=O) groups is 2. The molecular formula is C23H24N4O3. The maximum absolute atomic E-state index is 13.1. The Labute approximate surface area is 175 Å². The van der Waals surface area contributed by atoms with Gasteiger partial charge in [-0.25, -0.2) is 4.68 Å². The van der Waals surface area contributed by atoms with E-state index in [0.717, 1.165) is 39.4 Å². The number of aryl methyl sites for hydroxylation is 2. The standard InChI is InChI=1S/C23H24N4O3/c1-13-5-10-18(14(2)11-13)24-23(29)19-12-20(28)25-22-15(3)21(26-27(19)22)16-6-8-17(30-4)9-7-16/h5-11,19H,12H2,1-4H3,(H,24,29)(H,25,28). The molecule has 0 saturated carbocycles. The predicted molar refractivity (Wildman–Crippen MR) is 116 cm³/mol. The first-order valence-electron chi connectivity index (χ1n) is 9.79. The average molecular weight is 404 g/mol. The van der Waals surface area contributed by atoms with Crippen molar-refractivity contribution in [2.75, 3.05) is 17.7 Å². The van der Waals surface area contributed by atoms with Crippen LogP contribution in [0.2, 0.25) is 0 Å². The molecule has 2 heterocycles. The highest BCUT2D eigenvalue weighted by molar-refractivity contribution is 6.02. The number of anilines is 2. The van der Waals surface area contributed by atoms with E-state index in [2.05, 4.69) is 10.6 Å². The summed E-state index contributed by atoms with van der Waals surface area (Å²) in [6.45, 7) is 5.84. The molecule has 1 unspecified atom stereocenters. The normalized spacial score (nSPS) is 15.3. The summed E-state index contributed by atoms with van der Waals surface area (Å²) in [5.74, 6) is 0.839. The maximum Gasteiger partial charge on any atom is 0.249 e. The van der Waals surface area contributed by atoms with Crippen molar-refractivity contribution in [2.45, 2.75) is 33.2 Å². The summed E-state index contributed by atoms with van der Waals surface area (Å²) in [6, 6.07) is 12.6. The zero-order valence-electron chi connectivity index (χ0n) is 17.4. The van der Waals surface area contributed by atoms with Crippen molar-refractivity contribution in [3.63, 3.8) is 0 Å². The number of rotatable bonds is 4. The summed E-state index contributed by atoms with van der Waals surface area (Å²) in [5, 5.41) is 10.5. The van der Waals surface area contributed by atoms with E-state index in [9.17, 15) is 9.59 Å². The van der Waals surface area contributed by atoms with Crippen molar-refractivity contribution < 1.29 is 14.3 Å². The van der Waals surface area contributed by atoms with E-state index in [0.29, 0.717) is 5.82 Å². The maximum atomic E-state index is 13.1. The van der Waals surface area contributed by atoms with Crippen molar-refractivity contribution in [3.05, 3.63) is 59.2 Å². The summed E-state index contributed by atoms with van der Waals surface area (Å²) in [5.41, 5.74) is 5.25. The number of fused-ring (bicyclic) bond motifs is 1. The number of hydrogen-bond donors (Lipinski definition) is 2. The summed E-state index contributed by atoms with van der Waals surface area (Å²) >= 11 is 0. The van der Waals surface area contributed by atoms with Crippen molar-refractivity contribution in [1.82, 2.24) is 9.78 Å². The minimum Gasteiger partial charge on any atom is -0.497 e. The topological polar surface area (TPSA) is 85.2 Å².